The van der Waals surface area contributed by atoms with E-state index in [0.29, 0.717) is 18.2 Å². The summed E-state index contributed by atoms with van der Waals surface area (Å²) >= 11 is 6.16. The van der Waals surface area contributed by atoms with Crippen LogP contribution in [0.5, 0.6) is 5.75 Å². The number of hydrogen-bond acceptors (Lipinski definition) is 3. The fourth-order valence-electron chi connectivity index (χ4n) is 2.37. The van der Waals surface area contributed by atoms with Gasteiger partial charge in [0.25, 0.3) is 0 Å². The number of halogens is 1. The first-order valence-electron chi connectivity index (χ1n) is 7.56. The summed E-state index contributed by atoms with van der Waals surface area (Å²) in [5.41, 5.74) is 2.28. The third-order valence-electron chi connectivity index (χ3n) is 3.90. The highest BCUT2D eigenvalue weighted by atomic mass is 35.5. The van der Waals surface area contributed by atoms with Crippen molar-refractivity contribution < 1.29 is 19.1 Å². The Kier molecular flexibility index (Phi) is 6.77. The lowest BCUT2D eigenvalue weighted by Crippen LogP contribution is -3.14. The molecule has 0 aliphatic carbocycles. The van der Waals surface area contributed by atoms with Gasteiger partial charge in [-0.15, -0.1) is 0 Å². The van der Waals surface area contributed by atoms with Crippen molar-refractivity contribution in [3.05, 3.63) is 28.3 Å². The molecule has 118 valence electrons. The van der Waals surface area contributed by atoms with Crippen molar-refractivity contribution in [1.82, 2.24) is 0 Å². The molecule has 1 fully saturated rings. The summed E-state index contributed by atoms with van der Waals surface area (Å²) in [5.74, 6) is 0.777. The first kappa shape index (κ1) is 16.6. The van der Waals surface area contributed by atoms with Crippen molar-refractivity contribution in [1.29, 1.82) is 0 Å². The van der Waals surface area contributed by atoms with E-state index in [1.54, 1.807) is 4.90 Å². The van der Waals surface area contributed by atoms with Gasteiger partial charge in [-0.1, -0.05) is 17.7 Å². The second-order valence-corrected chi connectivity index (χ2v) is 5.80. The Morgan fingerprint density at radius 3 is 2.67 bits per heavy atom. The molecule has 1 aliphatic heterocycles. The summed E-state index contributed by atoms with van der Waals surface area (Å²) in [4.78, 5) is 1.56. The molecule has 1 saturated heterocycles. The average Bonchev–Trinajstić information content (AvgIpc) is 2.51. The number of nitrogens with one attached hydrogen (secondary N) is 1. The third kappa shape index (κ3) is 5.15. The SMILES string of the molecule is Cc1ccc(Cl)c(OCCOCC[NH+]2CCOCC2)c1C. The van der Waals surface area contributed by atoms with E-state index in [1.165, 1.54) is 5.56 Å². The third-order valence-corrected chi connectivity index (χ3v) is 4.20. The van der Waals surface area contributed by atoms with E-state index in [0.717, 1.165) is 50.8 Å². The van der Waals surface area contributed by atoms with Gasteiger partial charge in [-0.25, -0.2) is 0 Å². The zero-order valence-corrected chi connectivity index (χ0v) is 13.7. The van der Waals surface area contributed by atoms with Crippen LogP contribution in [0.3, 0.4) is 0 Å². The molecule has 0 radical (unpaired) electrons. The Balaban J connectivity index is 1.62. The molecule has 0 unspecified atom stereocenters. The molecule has 0 spiro atoms. The second-order valence-electron chi connectivity index (χ2n) is 5.39. The number of quaternary nitrogens is 1. The zero-order chi connectivity index (χ0) is 15.1. The topological polar surface area (TPSA) is 32.1 Å². The molecule has 5 heteroatoms. The van der Waals surface area contributed by atoms with Crippen LogP contribution in [0.1, 0.15) is 11.1 Å². The van der Waals surface area contributed by atoms with Crippen molar-refractivity contribution >= 4 is 11.6 Å². The maximum absolute atomic E-state index is 6.16. The second kappa shape index (κ2) is 8.59. The van der Waals surface area contributed by atoms with E-state index >= 15 is 0 Å². The van der Waals surface area contributed by atoms with Crippen molar-refractivity contribution in [3.63, 3.8) is 0 Å². The molecule has 1 aliphatic rings. The van der Waals surface area contributed by atoms with E-state index in [1.807, 2.05) is 19.1 Å². The van der Waals surface area contributed by atoms with E-state index in [2.05, 4.69) is 6.92 Å². The van der Waals surface area contributed by atoms with Crippen molar-refractivity contribution in [2.24, 2.45) is 0 Å². The van der Waals surface area contributed by atoms with Crippen molar-refractivity contribution in [2.45, 2.75) is 13.8 Å². The molecule has 2 rings (SSSR count). The predicted molar refractivity (Wildman–Crippen MR) is 83.6 cm³/mol. The van der Waals surface area contributed by atoms with Gasteiger partial charge in [-0.2, -0.15) is 0 Å². The lowest BCUT2D eigenvalue weighted by atomic mass is 10.1. The van der Waals surface area contributed by atoms with Gasteiger partial charge in [0.05, 0.1) is 31.5 Å². The maximum atomic E-state index is 6.16. The monoisotopic (exact) mass is 314 g/mol. The number of benzene rings is 1. The summed E-state index contributed by atoms with van der Waals surface area (Å²) < 4.78 is 16.7. The average molecular weight is 315 g/mol. The van der Waals surface area contributed by atoms with Gasteiger partial charge in [0.1, 0.15) is 32.0 Å². The largest absolute Gasteiger partial charge is 0.489 e. The highest BCUT2D eigenvalue weighted by molar-refractivity contribution is 6.32. The van der Waals surface area contributed by atoms with Crippen LogP contribution in [0, 0.1) is 13.8 Å². The summed E-state index contributed by atoms with van der Waals surface area (Å²) in [7, 11) is 0. The van der Waals surface area contributed by atoms with E-state index in [4.69, 9.17) is 25.8 Å². The van der Waals surface area contributed by atoms with Crippen molar-refractivity contribution in [2.75, 3.05) is 52.7 Å². The Hall–Kier alpha value is -0.810. The van der Waals surface area contributed by atoms with Crippen LogP contribution >= 0.6 is 11.6 Å². The standard InChI is InChI=1S/C16H24ClNO3/c1-13-3-4-15(17)16(14(13)2)21-12-11-20-10-7-18-5-8-19-9-6-18/h3-4H,5-12H2,1-2H3/p+1. The van der Waals surface area contributed by atoms with Crippen molar-refractivity contribution in [3.8, 4) is 5.75 Å². The maximum Gasteiger partial charge on any atom is 0.141 e. The minimum absolute atomic E-state index is 0.530. The number of aryl methyl sites for hydroxylation is 1. The molecular weight excluding hydrogens is 290 g/mol. The fraction of sp³-hybridized carbons (Fsp3) is 0.625. The summed E-state index contributed by atoms with van der Waals surface area (Å²) in [6.07, 6.45) is 0. The molecule has 1 N–H and O–H groups in total. The van der Waals surface area contributed by atoms with Crippen LogP contribution < -0.4 is 9.64 Å². The lowest BCUT2D eigenvalue weighted by Gasteiger charge is -2.23. The lowest BCUT2D eigenvalue weighted by molar-refractivity contribution is -0.908. The zero-order valence-electron chi connectivity index (χ0n) is 12.9. The Bertz CT molecular complexity index is 447. The summed E-state index contributed by atoms with van der Waals surface area (Å²) in [6, 6.07) is 3.88. The van der Waals surface area contributed by atoms with Crippen LogP contribution in [0.25, 0.3) is 0 Å². The van der Waals surface area contributed by atoms with Gasteiger partial charge in [-0.3, -0.25) is 0 Å². The molecule has 0 amide bonds. The first-order valence-corrected chi connectivity index (χ1v) is 7.94. The van der Waals surface area contributed by atoms with E-state index in [-0.39, 0.29) is 0 Å². The highest BCUT2D eigenvalue weighted by Gasteiger charge is 2.13. The first-order chi connectivity index (χ1) is 10.2. The van der Waals surface area contributed by atoms with Gasteiger partial charge in [0.2, 0.25) is 0 Å². The number of hydrogen-bond donors (Lipinski definition) is 1. The normalized spacial score (nSPS) is 16.1. The molecule has 0 saturated carbocycles. The van der Waals surface area contributed by atoms with Gasteiger partial charge in [0, 0.05) is 0 Å². The fourth-order valence-corrected chi connectivity index (χ4v) is 2.62. The molecule has 21 heavy (non-hydrogen) atoms. The highest BCUT2D eigenvalue weighted by Crippen LogP contribution is 2.30. The Morgan fingerprint density at radius 2 is 1.90 bits per heavy atom. The van der Waals surface area contributed by atoms with Gasteiger partial charge in [0.15, 0.2) is 0 Å². The summed E-state index contributed by atoms with van der Waals surface area (Å²) in [5, 5.41) is 0.663. The Morgan fingerprint density at radius 1 is 1.14 bits per heavy atom. The number of rotatable bonds is 7. The van der Waals surface area contributed by atoms with Crippen LogP contribution in [0.15, 0.2) is 12.1 Å². The molecule has 1 heterocycles. The molecule has 4 nitrogen and oxygen atoms in total. The number of ether oxygens (including phenoxy) is 3. The minimum Gasteiger partial charge on any atom is -0.489 e. The predicted octanol–water partition coefficient (Wildman–Crippen LogP) is 1.27. The number of morpholine rings is 1. The molecule has 0 bridgehead atoms. The van der Waals surface area contributed by atoms with Gasteiger partial charge < -0.3 is 19.1 Å². The smallest absolute Gasteiger partial charge is 0.141 e. The minimum atomic E-state index is 0.530. The van der Waals surface area contributed by atoms with Gasteiger partial charge >= 0.3 is 0 Å². The van der Waals surface area contributed by atoms with E-state index in [9.17, 15) is 0 Å². The quantitative estimate of drug-likeness (QED) is 0.769. The molecular formula is C16H25ClNO3+. The summed E-state index contributed by atoms with van der Waals surface area (Å²) in [6.45, 7) is 10.9. The van der Waals surface area contributed by atoms with Crippen LogP contribution in [0.4, 0.5) is 0 Å². The van der Waals surface area contributed by atoms with Crippen LogP contribution in [-0.4, -0.2) is 52.7 Å². The van der Waals surface area contributed by atoms with E-state index < -0.39 is 0 Å². The molecule has 1 aromatic carbocycles. The molecule has 0 atom stereocenters. The van der Waals surface area contributed by atoms with Crippen LogP contribution in [-0.2, 0) is 9.47 Å². The Labute approximate surface area is 131 Å². The molecule has 0 aromatic heterocycles. The van der Waals surface area contributed by atoms with Gasteiger partial charge in [-0.05, 0) is 31.0 Å². The van der Waals surface area contributed by atoms with Crippen LogP contribution in [0.2, 0.25) is 5.02 Å². The molecule has 1 aromatic rings.